The molecule has 194 valence electrons. The first-order valence-corrected chi connectivity index (χ1v) is 13.3. The maximum atomic E-state index is 14.0. The van der Waals surface area contributed by atoms with Gasteiger partial charge in [-0.15, -0.1) is 0 Å². The van der Waals surface area contributed by atoms with E-state index < -0.39 is 15.8 Å². The minimum atomic E-state index is -3.89. The summed E-state index contributed by atoms with van der Waals surface area (Å²) >= 11 is 0. The molecule has 0 saturated heterocycles. The van der Waals surface area contributed by atoms with Gasteiger partial charge in [0, 0.05) is 54.9 Å². The lowest BCUT2D eigenvalue weighted by Gasteiger charge is -2.30. The van der Waals surface area contributed by atoms with Gasteiger partial charge < -0.3 is 14.5 Å². The van der Waals surface area contributed by atoms with Gasteiger partial charge in [-0.3, -0.25) is 14.5 Å². The average molecular weight is 533 g/mol. The summed E-state index contributed by atoms with van der Waals surface area (Å²) in [6.07, 6.45) is 5.04. The molecule has 2 heterocycles. The van der Waals surface area contributed by atoms with Crippen LogP contribution >= 0.6 is 0 Å². The largest absolute Gasteiger partial charge is 0.494 e. The molecule has 3 aromatic carbocycles. The van der Waals surface area contributed by atoms with Gasteiger partial charge in [0.2, 0.25) is 0 Å². The van der Waals surface area contributed by atoms with E-state index >= 15 is 0 Å². The predicted molar refractivity (Wildman–Crippen MR) is 143 cm³/mol. The second-order valence-corrected chi connectivity index (χ2v) is 10.4. The first-order valence-electron chi connectivity index (χ1n) is 11.9. The maximum absolute atomic E-state index is 14.0. The van der Waals surface area contributed by atoms with E-state index in [0.717, 1.165) is 10.9 Å². The predicted octanol–water partition coefficient (Wildman–Crippen LogP) is 4.61. The van der Waals surface area contributed by atoms with Gasteiger partial charge in [0.15, 0.2) is 11.6 Å². The van der Waals surface area contributed by atoms with Crippen molar-refractivity contribution in [3.8, 4) is 5.75 Å². The molecule has 0 spiro atoms. The molecule has 1 amide bonds. The fourth-order valence-corrected chi connectivity index (χ4v) is 5.49. The molecule has 0 aliphatic carbocycles. The number of rotatable bonds is 7. The fraction of sp³-hybridized carbons (Fsp3) is 0.143. The van der Waals surface area contributed by atoms with Crippen molar-refractivity contribution in [1.82, 2.24) is 14.8 Å². The quantitative estimate of drug-likeness (QED) is 0.374. The Hall–Kier alpha value is -4.44. The lowest BCUT2D eigenvalue weighted by Crippen LogP contribution is -2.37. The molecule has 0 atom stereocenters. The van der Waals surface area contributed by atoms with Crippen molar-refractivity contribution in [2.75, 3.05) is 24.9 Å². The van der Waals surface area contributed by atoms with Crippen molar-refractivity contribution < 1.29 is 22.3 Å². The first-order chi connectivity index (χ1) is 18.3. The van der Waals surface area contributed by atoms with Crippen LogP contribution in [0.3, 0.4) is 0 Å². The number of methoxy groups -OCH3 is 1. The molecule has 1 aliphatic rings. The highest BCUT2D eigenvalue weighted by atomic mass is 32.2. The summed E-state index contributed by atoms with van der Waals surface area (Å²) in [4.78, 5) is 20.9. The lowest BCUT2D eigenvalue weighted by molar-refractivity contribution is 0.0796. The van der Waals surface area contributed by atoms with Crippen molar-refractivity contribution in [1.29, 1.82) is 0 Å². The molecule has 0 saturated carbocycles. The van der Waals surface area contributed by atoms with Crippen LogP contribution in [0.1, 0.15) is 15.9 Å². The number of ether oxygens (including phenoxy) is 1. The molecule has 0 fully saturated rings. The van der Waals surface area contributed by atoms with Crippen LogP contribution in [0, 0.1) is 5.82 Å². The monoisotopic (exact) mass is 532 g/mol. The highest BCUT2D eigenvalue weighted by Crippen LogP contribution is 2.24. The fourth-order valence-electron chi connectivity index (χ4n) is 4.25. The number of benzene rings is 3. The number of carbonyl (C=O) groups excluding carboxylic acids is 1. The van der Waals surface area contributed by atoms with Gasteiger partial charge in [-0.25, -0.2) is 12.8 Å². The lowest BCUT2D eigenvalue weighted by atomic mass is 10.1. The maximum Gasteiger partial charge on any atom is 0.264 e. The molecular weight excluding hydrogens is 507 g/mol. The summed E-state index contributed by atoms with van der Waals surface area (Å²) in [5, 5.41) is 0.723. The number of hydrogen-bond donors (Lipinski definition) is 1. The second kappa shape index (κ2) is 10.5. The average Bonchev–Trinajstić information content (AvgIpc) is 2.93. The number of sulfonamides is 1. The van der Waals surface area contributed by atoms with Crippen LogP contribution in [-0.4, -0.2) is 49.3 Å². The zero-order valence-corrected chi connectivity index (χ0v) is 21.4. The minimum Gasteiger partial charge on any atom is -0.494 e. The third-order valence-electron chi connectivity index (χ3n) is 6.22. The van der Waals surface area contributed by atoms with Gasteiger partial charge >= 0.3 is 0 Å². The number of nitrogens with zero attached hydrogens (tertiary/aromatic N) is 3. The summed E-state index contributed by atoms with van der Waals surface area (Å²) < 4.78 is 47.5. The zero-order chi connectivity index (χ0) is 26.7. The van der Waals surface area contributed by atoms with E-state index in [1.165, 1.54) is 19.2 Å². The highest BCUT2D eigenvalue weighted by molar-refractivity contribution is 7.93. The van der Waals surface area contributed by atoms with Crippen molar-refractivity contribution in [3.63, 3.8) is 0 Å². The summed E-state index contributed by atoms with van der Waals surface area (Å²) in [5.41, 5.74) is 1.94. The van der Waals surface area contributed by atoms with Crippen LogP contribution in [0.2, 0.25) is 0 Å². The van der Waals surface area contributed by atoms with Crippen LogP contribution in [-0.2, 0) is 16.6 Å². The van der Waals surface area contributed by atoms with E-state index in [0.29, 0.717) is 36.4 Å². The number of amides is 1. The Kier molecular flexibility index (Phi) is 6.97. The van der Waals surface area contributed by atoms with Gasteiger partial charge in [-0.05, 0) is 54.1 Å². The topological polar surface area (TPSA) is 91.8 Å². The normalized spacial score (nSPS) is 13.5. The van der Waals surface area contributed by atoms with Crippen molar-refractivity contribution in [3.05, 3.63) is 108 Å². The molecule has 0 radical (unpaired) electrons. The van der Waals surface area contributed by atoms with E-state index in [1.807, 2.05) is 4.90 Å². The number of pyridine rings is 1. The number of nitrogens with one attached hydrogen (secondary N) is 1. The van der Waals surface area contributed by atoms with Crippen LogP contribution in [0.5, 0.6) is 5.75 Å². The van der Waals surface area contributed by atoms with E-state index in [2.05, 4.69) is 9.71 Å². The van der Waals surface area contributed by atoms with E-state index in [9.17, 15) is 17.6 Å². The summed E-state index contributed by atoms with van der Waals surface area (Å²) in [7, 11) is -2.46. The van der Waals surface area contributed by atoms with Crippen molar-refractivity contribution >= 4 is 32.5 Å². The van der Waals surface area contributed by atoms with Crippen LogP contribution in [0.4, 0.5) is 10.1 Å². The van der Waals surface area contributed by atoms with Crippen LogP contribution in [0.15, 0.2) is 96.3 Å². The first kappa shape index (κ1) is 25.2. The molecule has 0 unspecified atom stereocenters. The molecule has 1 aromatic heterocycles. The van der Waals surface area contributed by atoms with Crippen molar-refractivity contribution in [2.45, 2.75) is 11.4 Å². The smallest absolute Gasteiger partial charge is 0.264 e. The highest BCUT2D eigenvalue weighted by Gasteiger charge is 2.21. The zero-order valence-electron chi connectivity index (χ0n) is 20.5. The van der Waals surface area contributed by atoms with Gasteiger partial charge in [0.1, 0.15) is 4.90 Å². The molecule has 10 heteroatoms. The van der Waals surface area contributed by atoms with Gasteiger partial charge in [-0.1, -0.05) is 24.3 Å². The SMILES string of the molecule is COc1ccc(CN2C=CN(C(=O)c3ccc(NS(=O)(=O)c4cccc5cccnc45)cc3)CC2)cc1F. The number of carbonyl (C=O) groups is 1. The molecule has 4 aromatic rings. The third-order valence-corrected chi connectivity index (χ3v) is 7.63. The Balaban J connectivity index is 1.23. The molecule has 8 nitrogen and oxygen atoms in total. The summed E-state index contributed by atoms with van der Waals surface area (Å²) in [6.45, 7) is 1.53. The Morgan fingerprint density at radius 3 is 2.53 bits per heavy atom. The van der Waals surface area contributed by atoms with E-state index in [4.69, 9.17) is 4.74 Å². The Labute approximate surface area is 220 Å². The Morgan fingerprint density at radius 1 is 1.03 bits per heavy atom. The molecule has 1 N–H and O–H groups in total. The third kappa shape index (κ3) is 5.30. The van der Waals surface area contributed by atoms with Gasteiger partial charge in [0.05, 0.1) is 12.6 Å². The number of aromatic nitrogens is 1. The molecule has 38 heavy (non-hydrogen) atoms. The molecule has 1 aliphatic heterocycles. The minimum absolute atomic E-state index is 0.0798. The number of fused-ring (bicyclic) bond motifs is 1. The number of para-hydroxylation sites is 1. The van der Waals surface area contributed by atoms with Crippen LogP contribution in [0.25, 0.3) is 10.9 Å². The summed E-state index contributed by atoms with van der Waals surface area (Å²) in [5.74, 6) is -0.421. The molecule has 0 bridgehead atoms. The van der Waals surface area contributed by atoms with E-state index in [1.54, 1.807) is 84.2 Å². The van der Waals surface area contributed by atoms with Crippen molar-refractivity contribution in [2.24, 2.45) is 0 Å². The van der Waals surface area contributed by atoms with Gasteiger partial charge in [-0.2, -0.15) is 0 Å². The molecule has 5 rings (SSSR count). The van der Waals surface area contributed by atoms with Crippen LogP contribution < -0.4 is 9.46 Å². The Bertz CT molecular complexity index is 1620. The van der Waals surface area contributed by atoms with E-state index in [-0.39, 0.29) is 16.6 Å². The standard InChI is InChI=1S/C28H25FN4O4S/c1-37-25-12-7-20(18-24(25)29)19-32-14-16-33(17-15-32)28(34)22-8-10-23(11-9-22)31-38(35,36)26-6-2-4-21-5-3-13-30-27(21)26/h2-14,16,18,31H,15,17,19H2,1H3. The van der Waals surface area contributed by atoms with Gasteiger partial charge in [0.25, 0.3) is 15.9 Å². The number of anilines is 1. The second-order valence-electron chi connectivity index (χ2n) is 8.75. The number of halogens is 1. The summed E-state index contributed by atoms with van der Waals surface area (Å²) in [6, 6.07) is 19.7. The number of hydrogen-bond acceptors (Lipinski definition) is 6. The molecular formula is C28H25FN4O4S. The Morgan fingerprint density at radius 2 is 1.82 bits per heavy atom.